The standard InChI is InChI=1S/C24H25BrN2O4S/c1-31-21-11-7-18(8-12-21)15-16-26-24(28)23(17-19-5-3-2-4-6-19)27-32(29,30)22-13-9-20(25)10-14-22/h2-14,23,27H,15-17H2,1H3,(H,26,28)/t23-/m1/s1. The molecule has 1 atom stereocenters. The Balaban J connectivity index is 1.69. The van der Waals surface area contributed by atoms with Gasteiger partial charge in [0.05, 0.1) is 12.0 Å². The summed E-state index contributed by atoms with van der Waals surface area (Å²) in [6.45, 7) is 0.385. The third kappa shape index (κ3) is 6.91. The third-order valence-corrected chi connectivity index (χ3v) is 6.91. The van der Waals surface area contributed by atoms with E-state index in [0.717, 1.165) is 21.3 Å². The second-order valence-corrected chi connectivity index (χ2v) is 9.84. The van der Waals surface area contributed by atoms with E-state index in [-0.39, 0.29) is 17.2 Å². The highest BCUT2D eigenvalue weighted by molar-refractivity contribution is 9.10. The van der Waals surface area contributed by atoms with Crippen LogP contribution in [0.25, 0.3) is 0 Å². The number of rotatable bonds is 10. The quantitative estimate of drug-likeness (QED) is 0.430. The maximum atomic E-state index is 12.9. The third-order valence-electron chi connectivity index (χ3n) is 4.89. The molecule has 1 amide bonds. The first-order valence-electron chi connectivity index (χ1n) is 10.1. The summed E-state index contributed by atoms with van der Waals surface area (Å²) in [6, 6.07) is 22.3. The van der Waals surface area contributed by atoms with Gasteiger partial charge in [-0.25, -0.2) is 8.42 Å². The minimum Gasteiger partial charge on any atom is -0.497 e. The highest BCUT2D eigenvalue weighted by atomic mass is 79.9. The number of amides is 1. The number of nitrogens with one attached hydrogen (secondary N) is 2. The minimum atomic E-state index is -3.87. The van der Waals surface area contributed by atoms with Gasteiger partial charge < -0.3 is 10.1 Å². The molecule has 3 aromatic carbocycles. The van der Waals surface area contributed by atoms with Crippen molar-refractivity contribution in [2.75, 3.05) is 13.7 Å². The number of hydrogen-bond donors (Lipinski definition) is 2. The van der Waals surface area contributed by atoms with Crippen LogP contribution in [0.5, 0.6) is 5.75 Å². The summed E-state index contributed by atoms with van der Waals surface area (Å²) in [5.41, 5.74) is 1.91. The zero-order valence-corrected chi connectivity index (χ0v) is 20.0. The normalized spacial score (nSPS) is 12.2. The number of carbonyl (C=O) groups excluding carboxylic acids is 1. The molecule has 6 nitrogen and oxygen atoms in total. The molecule has 3 rings (SSSR count). The van der Waals surface area contributed by atoms with Gasteiger partial charge in [0.25, 0.3) is 0 Å². The fourth-order valence-corrected chi connectivity index (χ4v) is 4.61. The van der Waals surface area contributed by atoms with Crippen molar-refractivity contribution in [2.24, 2.45) is 0 Å². The van der Waals surface area contributed by atoms with Crippen LogP contribution in [0.3, 0.4) is 0 Å². The molecule has 0 heterocycles. The fourth-order valence-electron chi connectivity index (χ4n) is 3.15. The largest absolute Gasteiger partial charge is 0.497 e. The van der Waals surface area contributed by atoms with Crippen LogP contribution >= 0.6 is 15.9 Å². The molecular weight excluding hydrogens is 492 g/mol. The fraction of sp³-hybridized carbons (Fsp3) is 0.208. The van der Waals surface area contributed by atoms with Gasteiger partial charge in [0.15, 0.2) is 0 Å². The number of methoxy groups -OCH3 is 1. The Bertz CT molecular complexity index is 1120. The van der Waals surface area contributed by atoms with E-state index in [2.05, 4.69) is 26.0 Å². The molecule has 0 fully saturated rings. The molecule has 2 N–H and O–H groups in total. The first kappa shape index (κ1) is 24.0. The molecule has 32 heavy (non-hydrogen) atoms. The molecule has 0 bridgehead atoms. The number of sulfonamides is 1. The average molecular weight is 517 g/mol. The Morgan fingerprint density at radius 3 is 2.22 bits per heavy atom. The zero-order valence-electron chi connectivity index (χ0n) is 17.6. The van der Waals surface area contributed by atoms with Crippen molar-refractivity contribution >= 4 is 31.9 Å². The number of halogens is 1. The lowest BCUT2D eigenvalue weighted by Gasteiger charge is -2.19. The van der Waals surface area contributed by atoms with Gasteiger partial charge in [-0.2, -0.15) is 4.72 Å². The summed E-state index contributed by atoms with van der Waals surface area (Å²) >= 11 is 3.30. The van der Waals surface area contributed by atoms with E-state index in [9.17, 15) is 13.2 Å². The average Bonchev–Trinajstić information content (AvgIpc) is 2.80. The first-order valence-corrected chi connectivity index (χ1v) is 12.4. The molecule has 0 radical (unpaired) electrons. The van der Waals surface area contributed by atoms with Gasteiger partial charge in [-0.3, -0.25) is 4.79 Å². The Labute approximate surface area is 197 Å². The number of hydrogen-bond acceptors (Lipinski definition) is 4. The van der Waals surface area contributed by atoms with E-state index >= 15 is 0 Å². The van der Waals surface area contributed by atoms with Gasteiger partial charge in [-0.1, -0.05) is 58.4 Å². The van der Waals surface area contributed by atoms with Crippen LogP contribution in [0.15, 0.2) is 88.2 Å². The van der Waals surface area contributed by atoms with Crippen LogP contribution in [0, 0.1) is 0 Å². The summed E-state index contributed by atoms with van der Waals surface area (Å²) < 4.78 is 34.3. The number of ether oxygens (including phenoxy) is 1. The molecule has 168 valence electrons. The van der Waals surface area contributed by atoms with E-state index in [4.69, 9.17) is 4.74 Å². The summed E-state index contributed by atoms with van der Waals surface area (Å²) in [6.07, 6.45) is 0.859. The van der Waals surface area contributed by atoms with E-state index in [0.29, 0.717) is 13.0 Å². The van der Waals surface area contributed by atoms with Gasteiger partial charge in [0.2, 0.25) is 15.9 Å². The second-order valence-electron chi connectivity index (χ2n) is 7.21. The molecule has 0 unspecified atom stereocenters. The molecule has 0 saturated carbocycles. The molecule has 8 heteroatoms. The maximum Gasteiger partial charge on any atom is 0.241 e. The van der Waals surface area contributed by atoms with Crippen LogP contribution in [0.4, 0.5) is 0 Å². The van der Waals surface area contributed by atoms with Crippen LogP contribution < -0.4 is 14.8 Å². The Morgan fingerprint density at radius 2 is 1.59 bits per heavy atom. The number of carbonyl (C=O) groups is 1. The topological polar surface area (TPSA) is 84.5 Å². The lowest BCUT2D eigenvalue weighted by atomic mass is 10.1. The van der Waals surface area contributed by atoms with Crippen LogP contribution in [-0.4, -0.2) is 34.0 Å². The summed E-state index contributed by atoms with van der Waals surface area (Å²) in [5, 5.41) is 2.86. The summed E-state index contributed by atoms with van der Waals surface area (Å²) in [4.78, 5) is 13.0. The van der Waals surface area contributed by atoms with Crippen LogP contribution in [0.1, 0.15) is 11.1 Å². The molecule has 3 aromatic rings. The van der Waals surface area contributed by atoms with Crippen molar-refractivity contribution in [3.05, 3.63) is 94.5 Å². The molecule has 0 spiro atoms. The highest BCUT2D eigenvalue weighted by Gasteiger charge is 2.26. The first-order chi connectivity index (χ1) is 15.4. The molecule has 0 aliphatic heterocycles. The Hall–Kier alpha value is -2.68. The van der Waals surface area contributed by atoms with Crippen molar-refractivity contribution in [3.63, 3.8) is 0 Å². The van der Waals surface area contributed by atoms with Crippen molar-refractivity contribution in [3.8, 4) is 5.75 Å². The molecule has 0 aliphatic rings. The van der Waals surface area contributed by atoms with Crippen molar-refractivity contribution in [1.82, 2.24) is 10.0 Å². The van der Waals surface area contributed by atoms with E-state index in [1.165, 1.54) is 12.1 Å². The Morgan fingerprint density at radius 1 is 0.938 bits per heavy atom. The van der Waals surface area contributed by atoms with Gasteiger partial charge in [-0.15, -0.1) is 0 Å². The summed E-state index contributed by atoms with van der Waals surface area (Å²) in [5.74, 6) is 0.395. The molecule has 0 saturated heterocycles. The smallest absolute Gasteiger partial charge is 0.241 e. The molecule has 0 aromatic heterocycles. The second kappa shape index (κ2) is 11.3. The van der Waals surface area contributed by atoms with Crippen LogP contribution in [0.2, 0.25) is 0 Å². The molecule has 0 aliphatic carbocycles. The van der Waals surface area contributed by atoms with E-state index in [1.54, 1.807) is 19.2 Å². The maximum absolute atomic E-state index is 12.9. The number of benzene rings is 3. The van der Waals surface area contributed by atoms with E-state index < -0.39 is 16.1 Å². The predicted molar refractivity (Wildman–Crippen MR) is 128 cm³/mol. The lowest BCUT2D eigenvalue weighted by Crippen LogP contribution is -2.48. The Kier molecular flexibility index (Phi) is 8.44. The summed E-state index contributed by atoms with van der Waals surface area (Å²) in [7, 11) is -2.26. The van der Waals surface area contributed by atoms with Gasteiger partial charge in [0, 0.05) is 11.0 Å². The monoisotopic (exact) mass is 516 g/mol. The van der Waals surface area contributed by atoms with E-state index in [1.807, 2.05) is 54.6 Å². The van der Waals surface area contributed by atoms with Crippen molar-refractivity contribution < 1.29 is 17.9 Å². The minimum absolute atomic E-state index is 0.102. The van der Waals surface area contributed by atoms with Crippen molar-refractivity contribution in [1.29, 1.82) is 0 Å². The highest BCUT2D eigenvalue weighted by Crippen LogP contribution is 2.16. The van der Waals surface area contributed by atoms with Crippen LogP contribution in [-0.2, 0) is 27.7 Å². The zero-order chi connectivity index (χ0) is 23.0. The van der Waals surface area contributed by atoms with Gasteiger partial charge >= 0.3 is 0 Å². The van der Waals surface area contributed by atoms with Gasteiger partial charge in [-0.05, 0) is 60.4 Å². The predicted octanol–water partition coefficient (Wildman–Crippen LogP) is 3.71. The lowest BCUT2D eigenvalue weighted by molar-refractivity contribution is -0.122. The van der Waals surface area contributed by atoms with Gasteiger partial charge in [0.1, 0.15) is 11.8 Å². The SMILES string of the molecule is COc1ccc(CCNC(=O)[C@@H](Cc2ccccc2)NS(=O)(=O)c2ccc(Br)cc2)cc1. The van der Waals surface area contributed by atoms with Crippen molar-refractivity contribution in [2.45, 2.75) is 23.8 Å². The molecular formula is C24H25BrN2O4S.